The van der Waals surface area contributed by atoms with E-state index in [1.165, 1.54) is 135 Å². The molecule has 10 aromatic rings. The molecule has 0 saturated heterocycles. The summed E-state index contributed by atoms with van der Waals surface area (Å²) in [6.45, 7) is 11.8. The third-order valence-corrected chi connectivity index (χ3v) is 15.7. The number of hydrogen-bond acceptors (Lipinski definition) is 2. The summed E-state index contributed by atoms with van der Waals surface area (Å²) in [5, 5.41) is 3.61. The van der Waals surface area contributed by atoms with E-state index in [1.807, 2.05) is 0 Å². The zero-order chi connectivity index (χ0) is 42.8. The molecule has 0 bridgehead atoms. The molecule has 3 nitrogen and oxygen atoms in total. The van der Waals surface area contributed by atoms with Crippen LogP contribution in [0.25, 0.3) is 77.5 Å². The van der Waals surface area contributed by atoms with Gasteiger partial charge in [0.1, 0.15) is 5.58 Å². The van der Waals surface area contributed by atoms with Gasteiger partial charge in [0.05, 0.1) is 11.1 Å². The number of benzene rings is 8. The maximum absolute atomic E-state index is 7.12. The van der Waals surface area contributed by atoms with Crippen LogP contribution in [0.15, 0.2) is 162 Å². The second-order valence-corrected chi connectivity index (χ2v) is 19.8. The molecule has 306 valence electrons. The first-order valence-corrected chi connectivity index (χ1v) is 23.3. The fourth-order valence-electron chi connectivity index (χ4n) is 12.7. The maximum Gasteiger partial charge on any atom is 0.336 e. The molecule has 8 aromatic carbocycles. The Morgan fingerprint density at radius 3 is 2.05 bits per heavy atom. The number of hydrogen-bond donors (Lipinski definition) is 0. The van der Waals surface area contributed by atoms with E-state index in [1.54, 1.807) is 0 Å². The van der Waals surface area contributed by atoms with Crippen LogP contribution in [-0.2, 0) is 17.3 Å². The van der Waals surface area contributed by atoms with Crippen molar-refractivity contribution < 1.29 is 4.42 Å². The Kier molecular flexibility index (Phi) is 7.16. The maximum atomic E-state index is 7.12. The standard InChI is InChI=1S/C60H47BN2O/c1-6-7-18-35-29-30-49(42(31-35)36-19-9-8-10-20-36)62-50-33-46-43(37-21-11-14-26-44(37)59(46,2)3)32-48(50)61-56-51(62)34-47-54(38-22-12-15-27-45(38)60(47,4)5)55(56)41-25-17-24-40-53-39-23-13-16-28-52(39)64-58(53)63(61)57(40)41/h8-17,19-34H,6-7,18H2,1-5H3. The number of rotatable bonds is 5. The number of anilines is 3. The second kappa shape index (κ2) is 12.6. The quantitative estimate of drug-likeness (QED) is 0.161. The SMILES string of the molecule is CCCCc1ccc(N2c3cc4c(cc3B3c5c2cc2c(c5-c5cccc6c7c8ccccc8oc7n3c56)-c3ccccc3C2(C)C)-c2ccccc2C4(C)C)c(-c2ccccc2)c1. The van der Waals surface area contributed by atoms with Crippen molar-refractivity contribution in [2.75, 3.05) is 4.90 Å². The molecule has 4 aliphatic rings. The predicted molar refractivity (Wildman–Crippen MR) is 269 cm³/mol. The first kappa shape index (κ1) is 36.4. The molecule has 0 spiro atoms. The van der Waals surface area contributed by atoms with Gasteiger partial charge in [-0.1, -0.05) is 168 Å². The van der Waals surface area contributed by atoms with Crippen LogP contribution in [0, 0.1) is 0 Å². The van der Waals surface area contributed by atoms with Gasteiger partial charge in [0.15, 0.2) is 5.71 Å². The zero-order valence-corrected chi connectivity index (χ0v) is 37.0. The molecular weight excluding hydrogens is 775 g/mol. The topological polar surface area (TPSA) is 21.3 Å². The van der Waals surface area contributed by atoms with Gasteiger partial charge in [0.2, 0.25) is 0 Å². The fourth-order valence-corrected chi connectivity index (χ4v) is 12.7. The van der Waals surface area contributed by atoms with Crippen molar-refractivity contribution in [1.82, 2.24) is 4.48 Å². The van der Waals surface area contributed by atoms with Gasteiger partial charge in [-0.05, 0) is 115 Å². The van der Waals surface area contributed by atoms with E-state index < -0.39 is 0 Å². The number of nitrogens with zero attached hydrogens (tertiary/aromatic N) is 2. The van der Waals surface area contributed by atoms with Crippen LogP contribution < -0.4 is 15.8 Å². The monoisotopic (exact) mass is 822 g/mol. The van der Waals surface area contributed by atoms with Gasteiger partial charge >= 0.3 is 6.85 Å². The van der Waals surface area contributed by atoms with Crippen LogP contribution >= 0.6 is 0 Å². The van der Waals surface area contributed by atoms with E-state index in [0.717, 1.165) is 17.7 Å². The Morgan fingerprint density at radius 2 is 1.22 bits per heavy atom. The molecule has 2 aliphatic heterocycles. The first-order chi connectivity index (χ1) is 31.3. The molecule has 64 heavy (non-hydrogen) atoms. The Labute approximate surface area is 374 Å². The third kappa shape index (κ3) is 4.48. The molecule has 2 aromatic heterocycles. The van der Waals surface area contributed by atoms with Crippen LogP contribution in [0.5, 0.6) is 0 Å². The third-order valence-electron chi connectivity index (χ3n) is 15.7. The summed E-state index contributed by atoms with van der Waals surface area (Å²) in [4.78, 5) is 2.68. The lowest BCUT2D eigenvalue weighted by atomic mass is 9.44. The van der Waals surface area contributed by atoms with Gasteiger partial charge < -0.3 is 13.8 Å². The Morgan fingerprint density at radius 1 is 0.531 bits per heavy atom. The lowest BCUT2D eigenvalue weighted by Crippen LogP contribution is -2.57. The van der Waals surface area contributed by atoms with Gasteiger partial charge in [-0.3, -0.25) is 0 Å². The number of furan rings is 1. The number of fused-ring (bicyclic) bond motifs is 16. The van der Waals surface area contributed by atoms with Crippen LogP contribution in [0.3, 0.4) is 0 Å². The molecule has 0 saturated carbocycles. The minimum absolute atomic E-state index is 0.155. The molecule has 0 fully saturated rings. The normalized spacial score (nSPS) is 15.3. The summed E-state index contributed by atoms with van der Waals surface area (Å²) in [6, 6.07) is 60.1. The molecular formula is C60H47BN2O. The zero-order valence-electron chi connectivity index (χ0n) is 37.0. The largest absolute Gasteiger partial charge is 0.441 e. The van der Waals surface area contributed by atoms with Crippen molar-refractivity contribution in [1.29, 1.82) is 0 Å². The molecule has 14 rings (SSSR count). The number of aryl methyl sites for hydroxylation is 1. The molecule has 0 atom stereocenters. The Bertz CT molecular complexity index is 3680. The fraction of sp³-hybridized carbons (Fsp3) is 0.167. The lowest BCUT2D eigenvalue weighted by Gasteiger charge is -2.43. The van der Waals surface area contributed by atoms with Crippen molar-refractivity contribution in [3.63, 3.8) is 0 Å². The molecule has 4 heteroatoms. The average Bonchev–Trinajstić information content (AvgIpc) is 4.00. The highest BCUT2D eigenvalue weighted by Gasteiger charge is 2.50. The summed E-state index contributed by atoms with van der Waals surface area (Å²) >= 11 is 0. The molecule has 0 unspecified atom stereocenters. The summed E-state index contributed by atoms with van der Waals surface area (Å²) in [7, 11) is 0. The van der Waals surface area contributed by atoms with E-state index in [0.29, 0.717) is 0 Å². The number of para-hydroxylation sites is 2. The molecule has 4 heterocycles. The minimum atomic E-state index is -0.218. The van der Waals surface area contributed by atoms with Crippen molar-refractivity contribution in [3.8, 4) is 44.5 Å². The number of unbranched alkanes of at least 4 members (excludes halogenated alkanes) is 1. The second-order valence-electron chi connectivity index (χ2n) is 19.8. The smallest absolute Gasteiger partial charge is 0.336 e. The lowest BCUT2D eigenvalue weighted by molar-refractivity contribution is 0.650. The van der Waals surface area contributed by atoms with Crippen molar-refractivity contribution in [2.45, 2.75) is 64.7 Å². The predicted octanol–water partition coefficient (Wildman–Crippen LogP) is 14.6. The van der Waals surface area contributed by atoms with E-state index in [2.05, 4.69) is 202 Å². The van der Waals surface area contributed by atoms with Gasteiger partial charge in [0.25, 0.3) is 0 Å². The summed E-state index contributed by atoms with van der Waals surface area (Å²) < 4.78 is 9.72. The molecule has 2 aliphatic carbocycles. The summed E-state index contributed by atoms with van der Waals surface area (Å²) in [5.74, 6) is 0. The molecule has 0 N–H and O–H groups in total. The van der Waals surface area contributed by atoms with Crippen LogP contribution in [0.1, 0.15) is 75.3 Å². The van der Waals surface area contributed by atoms with Crippen molar-refractivity contribution in [3.05, 3.63) is 186 Å². The van der Waals surface area contributed by atoms with Gasteiger partial charge in [-0.2, -0.15) is 0 Å². The van der Waals surface area contributed by atoms with Gasteiger partial charge in [0, 0.05) is 49.6 Å². The average molecular weight is 823 g/mol. The van der Waals surface area contributed by atoms with Gasteiger partial charge in [-0.25, -0.2) is 0 Å². The first-order valence-electron chi connectivity index (χ1n) is 23.3. The van der Waals surface area contributed by atoms with Crippen LogP contribution in [0.2, 0.25) is 0 Å². The number of aromatic nitrogens is 1. The highest BCUT2D eigenvalue weighted by Crippen LogP contribution is 2.59. The van der Waals surface area contributed by atoms with Crippen molar-refractivity contribution in [2.24, 2.45) is 0 Å². The van der Waals surface area contributed by atoms with Crippen LogP contribution in [0.4, 0.5) is 17.1 Å². The van der Waals surface area contributed by atoms with E-state index >= 15 is 0 Å². The van der Waals surface area contributed by atoms with E-state index in [-0.39, 0.29) is 17.7 Å². The highest BCUT2D eigenvalue weighted by atomic mass is 16.3. The summed E-state index contributed by atoms with van der Waals surface area (Å²) in [5.41, 5.74) is 26.5. The summed E-state index contributed by atoms with van der Waals surface area (Å²) in [6.07, 6.45) is 3.39. The Balaban J connectivity index is 1.19. The minimum Gasteiger partial charge on any atom is -0.441 e. The van der Waals surface area contributed by atoms with E-state index in [9.17, 15) is 0 Å². The molecule has 0 amide bonds. The van der Waals surface area contributed by atoms with Crippen LogP contribution in [-0.4, -0.2) is 11.3 Å². The van der Waals surface area contributed by atoms with Gasteiger partial charge in [-0.15, -0.1) is 0 Å². The highest BCUT2D eigenvalue weighted by molar-refractivity contribution is 6.90. The molecule has 0 radical (unpaired) electrons. The Hall–Kier alpha value is -7.04. The van der Waals surface area contributed by atoms with Crippen molar-refractivity contribution >= 4 is 67.8 Å². The van der Waals surface area contributed by atoms with E-state index in [4.69, 9.17) is 4.42 Å².